The second kappa shape index (κ2) is 6.34. The maximum absolute atomic E-state index is 14.4. The standard InChI is InChI=1S/C24H23FN4/c1-12(2)20-22(17-6-8-27-24-21(17)13(3)11-28-24)14(4)29-23(20)18-9-15(25)10-19-16(18)5-7-26-19/h5-12,26,29H,1-4H3,(H,27,28). The molecular formula is C24H23FN4. The Balaban J connectivity index is 1.87. The van der Waals surface area contributed by atoms with Gasteiger partial charge in [0.25, 0.3) is 0 Å². The molecule has 0 saturated carbocycles. The second-order valence-corrected chi connectivity index (χ2v) is 8.01. The van der Waals surface area contributed by atoms with Gasteiger partial charge in [-0.1, -0.05) is 13.8 Å². The van der Waals surface area contributed by atoms with Gasteiger partial charge in [0.1, 0.15) is 11.5 Å². The van der Waals surface area contributed by atoms with Crippen LogP contribution in [0.25, 0.3) is 44.3 Å². The van der Waals surface area contributed by atoms with Crippen LogP contribution in [0.3, 0.4) is 0 Å². The van der Waals surface area contributed by atoms with E-state index in [1.165, 1.54) is 16.7 Å². The fraction of sp³-hybridized carbons (Fsp3) is 0.208. The van der Waals surface area contributed by atoms with Gasteiger partial charge in [-0.25, -0.2) is 9.37 Å². The molecule has 0 aliphatic heterocycles. The quantitative estimate of drug-likeness (QED) is 0.322. The summed E-state index contributed by atoms with van der Waals surface area (Å²) >= 11 is 0. The Labute approximate surface area is 168 Å². The highest BCUT2D eigenvalue weighted by Gasteiger charge is 2.24. The van der Waals surface area contributed by atoms with Crippen molar-refractivity contribution in [3.8, 4) is 22.4 Å². The summed E-state index contributed by atoms with van der Waals surface area (Å²) in [7, 11) is 0. The number of benzene rings is 1. The summed E-state index contributed by atoms with van der Waals surface area (Å²) in [4.78, 5) is 14.5. The number of aromatic nitrogens is 4. The summed E-state index contributed by atoms with van der Waals surface area (Å²) in [5.41, 5.74) is 9.32. The van der Waals surface area contributed by atoms with Gasteiger partial charge in [-0.2, -0.15) is 0 Å². The summed E-state index contributed by atoms with van der Waals surface area (Å²) in [6.45, 7) is 8.56. The number of nitrogens with one attached hydrogen (secondary N) is 3. The summed E-state index contributed by atoms with van der Waals surface area (Å²) < 4.78 is 14.4. The van der Waals surface area contributed by atoms with Gasteiger partial charge < -0.3 is 15.0 Å². The Morgan fingerprint density at radius 2 is 1.86 bits per heavy atom. The van der Waals surface area contributed by atoms with Crippen LogP contribution in [0.4, 0.5) is 4.39 Å². The molecule has 4 nitrogen and oxygen atoms in total. The smallest absolute Gasteiger partial charge is 0.138 e. The van der Waals surface area contributed by atoms with E-state index in [2.05, 4.69) is 53.7 Å². The third-order valence-corrected chi connectivity index (χ3v) is 5.75. The van der Waals surface area contributed by atoms with E-state index in [-0.39, 0.29) is 11.7 Å². The lowest BCUT2D eigenvalue weighted by Crippen LogP contribution is -1.94. The lowest BCUT2D eigenvalue weighted by molar-refractivity contribution is 0.630. The Hall–Kier alpha value is -3.34. The maximum atomic E-state index is 14.4. The van der Waals surface area contributed by atoms with Crippen molar-refractivity contribution in [1.82, 2.24) is 19.9 Å². The van der Waals surface area contributed by atoms with Gasteiger partial charge in [-0.15, -0.1) is 0 Å². The third kappa shape index (κ3) is 2.61. The van der Waals surface area contributed by atoms with E-state index in [4.69, 9.17) is 0 Å². The topological polar surface area (TPSA) is 60.3 Å². The Bertz CT molecular complexity index is 1370. The molecule has 5 heteroatoms. The summed E-state index contributed by atoms with van der Waals surface area (Å²) in [6.07, 6.45) is 5.69. The van der Waals surface area contributed by atoms with Gasteiger partial charge in [0.05, 0.1) is 5.69 Å². The van der Waals surface area contributed by atoms with E-state index in [0.717, 1.165) is 44.5 Å². The Morgan fingerprint density at radius 3 is 2.66 bits per heavy atom. The molecule has 0 radical (unpaired) electrons. The van der Waals surface area contributed by atoms with Crippen LogP contribution in [-0.4, -0.2) is 19.9 Å². The molecule has 146 valence electrons. The number of hydrogen-bond donors (Lipinski definition) is 3. The number of hydrogen-bond acceptors (Lipinski definition) is 1. The predicted octanol–water partition coefficient (Wildman–Crippen LogP) is 6.59. The molecule has 4 heterocycles. The highest BCUT2D eigenvalue weighted by Crippen LogP contribution is 2.43. The summed E-state index contributed by atoms with van der Waals surface area (Å²) in [5.74, 6) is 0.0101. The summed E-state index contributed by atoms with van der Waals surface area (Å²) in [6, 6.07) is 7.25. The number of H-pyrrole nitrogens is 3. The van der Waals surface area contributed by atoms with Gasteiger partial charge in [0.15, 0.2) is 0 Å². The maximum Gasteiger partial charge on any atom is 0.138 e. The van der Waals surface area contributed by atoms with Crippen LogP contribution in [0.5, 0.6) is 0 Å². The van der Waals surface area contributed by atoms with Crippen molar-refractivity contribution in [2.75, 3.05) is 0 Å². The first-order valence-corrected chi connectivity index (χ1v) is 9.88. The predicted molar refractivity (Wildman–Crippen MR) is 117 cm³/mol. The van der Waals surface area contributed by atoms with Crippen molar-refractivity contribution >= 4 is 21.9 Å². The first-order chi connectivity index (χ1) is 14.0. The van der Waals surface area contributed by atoms with E-state index < -0.39 is 0 Å². The van der Waals surface area contributed by atoms with Crippen LogP contribution >= 0.6 is 0 Å². The number of aromatic amines is 3. The van der Waals surface area contributed by atoms with Crippen molar-refractivity contribution in [3.05, 3.63) is 65.5 Å². The highest BCUT2D eigenvalue weighted by molar-refractivity contribution is 6.01. The fourth-order valence-electron chi connectivity index (χ4n) is 4.55. The normalized spacial score (nSPS) is 11.9. The third-order valence-electron chi connectivity index (χ3n) is 5.75. The SMILES string of the molecule is Cc1[nH]c(-c2cc(F)cc3[nH]ccc23)c(C(C)C)c1-c1ccnc2[nH]cc(C)c12. The molecule has 0 aliphatic rings. The molecule has 0 bridgehead atoms. The van der Waals surface area contributed by atoms with Crippen molar-refractivity contribution in [2.45, 2.75) is 33.6 Å². The molecule has 1 aromatic carbocycles. The molecule has 0 atom stereocenters. The highest BCUT2D eigenvalue weighted by atomic mass is 19.1. The Morgan fingerprint density at radius 1 is 1.03 bits per heavy atom. The molecule has 0 fully saturated rings. The van der Waals surface area contributed by atoms with Gasteiger partial charge in [-0.05, 0) is 60.7 Å². The minimum absolute atomic E-state index is 0.244. The van der Waals surface area contributed by atoms with Gasteiger partial charge in [-0.3, -0.25) is 0 Å². The molecule has 0 unspecified atom stereocenters. The number of nitrogens with zero attached hydrogens (tertiary/aromatic N) is 1. The van der Waals surface area contributed by atoms with Crippen LogP contribution in [0.15, 0.2) is 42.9 Å². The van der Waals surface area contributed by atoms with E-state index in [9.17, 15) is 4.39 Å². The zero-order chi connectivity index (χ0) is 20.3. The minimum Gasteiger partial charge on any atom is -0.361 e. The molecule has 0 saturated heterocycles. The molecule has 4 aromatic heterocycles. The average molecular weight is 386 g/mol. The average Bonchev–Trinajstić information content (AvgIpc) is 3.38. The van der Waals surface area contributed by atoms with E-state index in [1.54, 1.807) is 12.1 Å². The van der Waals surface area contributed by atoms with E-state index in [0.29, 0.717) is 0 Å². The fourth-order valence-corrected chi connectivity index (χ4v) is 4.55. The molecule has 29 heavy (non-hydrogen) atoms. The van der Waals surface area contributed by atoms with Gasteiger partial charge >= 0.3 is 0 Å². The lowest BCUT2D eigenvalue weighted by Gasteiger charge is -2.14. The molecule has 5 rings (SSSR count). The van der Waals surface area contributed by atoms with Crippen LogP contribution in [0, 0.1) is 19.7 Å². The number of fused-ring (bicyclic) bond motifs is 2. The summed E-state index contributed by atoms with van der Waals surface area (Å²) in [5, 5.41) is 2.15. The van der Waals surface area contributed by atoms with Crippen LogP contribution in [-0.2, 0) is 0 Å². The second-order valence-electron chi connectivity index (χ2n) is 8.01. The molecule has 5 aromatic rings. The zero-order valence-electron chi connectivity index (χ0n) is 16.9. The number of halogens is 1. The van der Waals surface area contributed by atoms with Crippen molar-refractivity contribution in [2.24, 2.45) is 0 Å². The number of pyridine rings is 1. The zero-order valence-corrected chi connectivity index (χ0v) is 16.9. The first kappa shape index (κ1) is 17.7. The lowest BCUT2D eigenvalue weighted by atomic mass is 9.89. The molecule has 0 amide bonds. The monoisotopic (exact) mass is 386 g/mol. The van der Waals surface area contributed by atoms with Crippen LogP contribution < -0.4 is 0 Å². The van der Waals surface area contributed by atoms with Crippen molar-refractivity contribution < 1.29 is 4.39 Å². The van der Waals surface area contributed by atoms with Crippen LogP contribution in [0.1, 0.15) is 36.6 Å². The van der Waals surface area contributed by atoms with Gasteiger partial charge in [0.2, 0.25) is 0 Å². The van der Waals surface area contributed by atoms with Crippen LogP contribution in [0.2, 0.25) is 0 Å². The molecular weight excluding hydrogens is 363 g/mol. The molecule has 0 spiro atoms. The van der Waals surface area contributed by atoms with Crippen molar-refractivity contribution in [1.29, 1.82) is 0 Å². The minimum atomic E-state index is -0.244. The molecule has 0 aliphatic carbocycles. The Kier molecular flexibility index (Phi) is 3.88. The van der Waals surface area contributed by atoms with Gasteiger partial charge in [0, 0.05) is 51.7 Å². The molecule has 3 N–H and O–H groups in total. The van der Waals surface area contributed by atoms with E-state index >= 15 is 0 Å². The number of aryl methyl sites for hydroxylation is 2. The number of rotatable bonds is 3. The van der Waals surface area contributed by atoms with Crippen molar-refractivity contribution in [3.63, 3.8) is 0 Å². The largest absolute Gasteiger partial charge is 0.361 e. The first-order valence-electron chi connectivity index (χ1n) is 9.88. The van der Waals surface area contributed by atoms with E-state index in [1.807, 2.05) is 24.7 Å².